The van der Waals surface area contributed by atoms with Gasteiger partial charge in [0.15, 0.2) is 0 Å². The van der Waals surface area contributed by atoms with Gasteiger partial charge >= 0.3 is 5.97 Å². The third-order valence-electron chi connectivity index (χ3n) is 4.48. The summed E-state index contributed by atoms with van der Waals surface area (Å²) in [5, 5.41) is 23.9. The maximum Gasteiger partial charge on any atom is 0.335 e. The van der Waals surface area contributed by atoms with Crippen molar-refractivity contribution < 1.29 is 14.7 Å². The van der Waals surface area contributed by atoms with Crippen molar-refractivity contribution in [3.8, 4) is 16.8 Å². The van der Waals surface area contributed by atoms with Crippen LogP contribution in [0.3, 0.4) is 0 Å². The first kappa shape index (κ1) is 19.0. The summed E-state index contributed by atoms with van der Waals surface area (Å²) in [5.74, 6) is -1.48. The van der Waals surface area contributed by atoms with Gasteiger partial charge in [-0.15, -0.1) is 15.0 Å². The number of aromatic nitrogens is 4. The van der Waals surface area contributed by atoms with Gasteiger partial charge < -0.3 is 10.4 Å². The number of carbonyl (C=O) groups excluding carboxylic acids is 1. The van der Waals surface area contributed by atoms with E-state index in [9.17, 15) is 14.7 Å². The topological polar surface area (TPSA) is 110 Å². The number of amides is 1. The van der Waals surface area contributed by atoms with Crippen LogP contribution in [0.5, 0.6) is 0 Å². The van der Waals surface area contributed by atoms with Gasteiger partial charge in [-0.2, -0.15) is 0 Å². The zero-order valence-corrected chi connectivity index (χ0v) is 15.8. The SMILES string of the molecule is O=C(O)c1cccc(-c2ccccc2CNC(=O)c2nnn(-c3ccccc3)n2)c1. The van der Waals surface area contributed by atoms with Crippen molar-refractivity contribution in [3.05, 3.63) is 95.8 Å². The van der Waals surface area contributed by atoms with Gasteiger partial charge in [0, 0.05) is 6.54 Å². The van der Waals surface area contributed by atoms with Crippen molar-refractivity contribution in [2.45, 2.75) is 6.54 Å². The van der Waals surface area contributed by atoms with E-state index in [2.05, 4.69) is 20.7 Å². The molecule has 0 spiro atoms. The number of nitrogens with zero attached hydrogens (tertiary/aromatic N) is 4. The fraction of sp³-hybridized carbons (Fsp3) is 0.0455. The van der Waals surface area contributed by atoms with E-state index in [-0.39, 0.29) is 17.9 Å². The molecule has 1 amide bonds. The van der Waals surface area contributed by atoms with Crippen LogP contribution in [0.4, 0.5) is 0 Å². The highest BCUT2D eigenvalue weighted by atomic mass is 16.4. The quantitative estimate of drug-likeness (QED) is 0.516. The minimum absolute atomic E-state index is 0.0378. The lowest BCUT2D eigenvalue weighted by atomic mass is 9.98. The van der Waals surface area contributed by atoms with Gasteiger partial charge in [0.25, 0.3) is 11.7 Å². The van der Waals surface area contributed by atoms with Crippen molar-refractivity contribution in [2.75, 3.05) is 0 Å². The molecule has 0 atom stereocenters. The fourth-order valence-electron chi connectivity index (χ4n) is 3.01. The van der Waals surface area contributed by atoms with Gasteiger partial charge in [-0.1, -0.05) is 54.6 Å². The van der Waals surface area contributed by atoms with Crippen LogP contribution in [-0.4, -0.2) is 37.2 Å². The number of hydrogen-bond donors (Lipinski definition) is 2. The minimum atomic E-state index is -0.991. The highest BCUT2D eigenvalue weighted by molar-refractivity contribution is 5.91. The number of carboxylic acid groups (broad SMARTS) is 1. The molecule has 0 aliphatic heterocycles. The Hall–Kier alpha value is -4.33. The van der Waals surface area contributed by atoms with Crippen LogP contribution < -0.4 is 5.32 Å². The Labute approximate surface area is 171 Å². The molecule has 0 saturated heterocycles. The summed E-state index contributed by atoms with van der Waals surface area (Å²) >= 11 is 0. The largest absolute Gasteiger partial charge is 0.478 e. The van der Waals surface area contributed by atoms with E-state index in [1.54, 1.807) is 12.1 Å². The van der Waals surface area contributed by atoms with E-state index in [1.807, 2.05) is 60.7 Å². The molecule has 8 heteroatoms. The van der Waals surface area contributed by atoms with Crippen LogP contribution in [0.2, 0.25) is 0 Å². The van der Waals surface area contributed by atoms with Crippen molar-refractivity contribution in [1.82, 2.24) is 25.5 Å². The zero-order valence-electron chi connectivity index (χ0n) is 15.8. The lowest BCUT2D eigenvalue weighted by molar-refractivity contribution is 0.0696. The maximum atomic E-state index is 12.5. The summed E-state index contributed by atoms with van der Waals surface area (Å²) in [5.41, 5.74) is 3.33. The lowest BCUT2D eigenvalue weighted by Crippen LogP contribution is -2.24. The number of rotatable bonds is 6. The van der Waals surface area contributed by atoms with E-state index < -0.39 is 11.9 Å². The number of benzene rings is 3. The van der Waals surface area contributed by atoms with Gasteiger partial charge in [-0.25, -0.2) is 4.79 Å². The smallest absolute Gasteiger partial charge is 0.335 e. The average molecular weight is 399 g/mol. The lowest BCUT2D eigenvalue weighted by Gasteiger charge is -2.11. The normalized spacial score (nSPS) is 10.5. The Morgan fingerprint density at radius 1 is 0.933 bits per heavy atom. The van der Waals surface area contributed by atoms with Crippen molar-refractivity contribution in [1.29, 1.82) is 0 Å². The first-order chi connectivity index (χ1) is 14.6. The third-order valence-corrected chi connectivity index (χ3v) is 4.48. The number of hydrogen-bond acceptors (Lipinski definition) is 5. The van der Waals surface area contributed by atoms with Crippen LogP contribution in [0.15, 0.2) is 78.9 Å². The van der Waals surface area contributed by atoms with Crippen LogP contribution in [0, 0.1) is 0 Å². The summed E-state index contributed by atoms with van der Waals surface area (Å²) < 4.78 is 0. The molecule has 0 aliphatic rings. The average Bonchev–Trinajstić information content (AvgIpc) is 3.29. The number of carboxylic acids is 1. The Morgan fingerprint density at radius 2 is 1.70 bits per heavy atom. The number of tetrazole rings is 1. The van der Waals surface area contributed by atoms with Crippen LogP contribution in [0.1, 0.15) is 26.5 Å². The van der Waals surface area contributed by atoms with E-state index >= 15 is 0 Å². The summed E-state index contributed by atoms with van der Waals surface area (Å²) in [6.07, 6.45) is 0. The highest BCUT2D eigenvalue weighted by Crippen LogP contribution is 2.24. The monoisotopic (exact) mass is 399 g/mol. The Morgan fingerprint density at radius 3 is 2.50 bits per heavy atom. The molecule has 3 aromatic carbocycles. The fourth-order valence-corrected chi connectivity index (χ4v) is 3.01. The molecule has 1 heterocycles. The summed E-state index contributed by atoms with van der Waals surface area (Å²) in [6.45, 7) is 0.228. The number of aromatic carboxylic acids is 1. The molecule has 2 N–H and O–H groups in total. The van der Waals surface area contributed by atoms with Crippen molar-refractivity contribution >= 4 is 11.9 Å². The van der Waals surface area contributed by atoms with Gasteiger partial charge in [0.05, 0.1) is 11.3 Å². The van der Waals surface area contributed by atoms with Crippen LogP contribution in [0.25, 0.3) is 16.8 Å². The second-order valence-electron chi connectivity index (χ2n) is 6.46. The molecule has 0 saturated carbocycles. The van der Waals surface area contributed by atoms with Crippen LogP contribution >= 0.6 is 0 Å². The molecule has 0 fully saturated rings. The first-order valence-corrected chi connectivity index (χ1v) is 9.17. The molecule has 4 aromatic rings. The molecule has 30 heavy (non-hydrogen) atoms. The van der Waals surface area contributed by atoms with E-state index in [0.717, 1.165) is 16.7 Å². The predicted octanol–water partition coefficient (Wildman–Crippen LogP) is 2.96. The molecule has 0 unspecified atom stereocenters. The van der Waals surface area contributed by atoms with Gasteiger partial charge in [0.1, 0.15) is 0 Å². The first-order valence-electron chi connectivity index (χ1n) is 9.17. The molecule has 0 radical (unpaired) electrons. The molecule has 8 nitrogen and oxygen atoms in total. The second-order valence-corrected chi connectivity index (χ2v) is 6.46. The minimum Gasteiger partial charge on any atom is -0.478 e. The summed E-state index contributed by atoms with van der Waals surface area (Å²) in [4.78, 5) is 25.0. The summed E-state index contributed by atoms with van der Waals surface area (Å²) in [7, 11) is 0. The molecular weight excluding hydrogens is 382 g/mol. The summed E-state index contributed by atoms with van der Waals surface area (Å²) in [6, 6.07) is 23.3. The number of nitrogens with one attached hydrogen (secondary N) is 1. The van der Waals surface area contributed by atoms with E-state index in [4.69, 9.17) is 0 Å². The number of carbonyl (C=O) groups is 2. The number of para-hydroxylation sites is 1. The Kier molecular flexibility index (Phi) is 5.29. The third kappa shape index (κ3) is 4.07. The Bertz CT molecular complexity index is 1200. The van der Waals surface area contributed by atoms with Gasteiger partial charge in [-0.3, -0.25) is 4.79 Å². The zero-order chi connectivity index (χ0) is 20.9. The highest BCUT2D eigenvalue weighted by Gasteiger charge is 2.15. The van der Waals surface area contributed by atoms with Crippen LogP contribution in [-0.2, 0) is 6.54 Å². The predicted molar refractivity (Wildman–Crippen MR) is 109 cm³/mol. The molecule has 1 aromatic heterocycles. The van der Waals surface area contributed by atoms with Crippen molar-refractivity contribution in [2.24, 2.45) is 0 Å². The van der Waals surface area contributed by atoms with Crippen molar-refractivity contribution in [3.63, 3.8) is 0 Å². The van der Waals surface area contributed by atoms with Gasteiger partial charge in [-0.05, 0) is 46.2 Å². The molecule has 0 bridgehead atoms. The molecular formula is C22H17N5O3. The maximum absolute atomic E-state index is 12.5. The molecule has 148 valence electrons. The van der Waals surface area contributed by atoms with Gasteiger partial charge in [0.2, 0.25) is 0 Å². The standard InChI is InChI=1S/C22H17N5O3/c28-21(20-24-26-27(25-20)18-10-2-1-3-11-18)23-14-17-7-4-5-12-19(17)15-8-6-9-16(13-15)22(29)30/h1-13H,14H2,(H,23,28)(H,29,30). The second kappa shape index (κ2) is 8.36. The molecule has 4 rings (SSSR count). The van der Waals surface area contributed by atoms with E-state index in [0.29, 0.717) is 5.69 Å². The van der Waals surface area contributed by atoms with E-state index in [1.165, 1.54) is 10.9 Å². The Balaban J connectivity index is 1.51. The molecule has 0 aliphatic carbocycles.